The van der Waals surface area contributed by atoms with Gasteiger partial charge < -0.3 is 10.2 Å². The van der Waals surface area contributed by atoms with Crippen LogP contribution < -0.4 is 5.32 Å². The molecule has 3 aliphatic heterocycles. The Morgan fingerprint density at radius 2 is 1.81 bits per heavy atom. The number of fused-ring (bicyclic) bond motifs is 3. The van der Waals surface area contributed by atoms with Crippen LogP contribution in [0.25, 0.3) is 0 Å². The van der Waals surface area contributed by atoms with E-state index in [1.165, 1.54) is 35.2 Å². The maximum Gasteiger partial charge on any atom is 0.416 e. The summed E-state index contributed by atoms with van der Waals surface area (Å²) in [5.41, 5.74) is -0.657. The van der Waals surface area contributed by atoms with Crippen LogP contribution in [-0.4, -0.2) is 36.5 Å². The summed E-state index contributed by atoms with van der Waals surface area (Å²) in [4.78, 5) is 16.3. The van der Waals surface area contributed by atoms with Crippen LogP contribution in [0.3, 0.4) is 0 Å². The fraction of sp³-hybridized carbons (Fsp3) is 0.421. The van der Waals surface area contributed by atoms with Crippen molar-refractivity contribution in [1.82, 2.24) is 10.2 Å². The Bertz CT molecular complexity index is 811. The van der Waals surface area contributed by atoms with Crippen molar-refractivity contribution in [2.45, 2.75) is 34.2 Å². The number of piperidine rings is 3. The molecule has 1 N–H and O–H groups in total. The molecule has 144 valence electrons. The van der Waals surface area contributed by atoms with Crippen LogP contribution in [-0.2, 0) is 6.18 Å². The van der Waals surface area contributed by atoms with Gasteiger partial charge in [-0.15, -0.1) is 11.3 Å². The normalized spacial score (nSPS) is 24.8. The number of nitrogens with zero attached hydrogens (tertiary/aromatic N) is 1. The van der Waals surface area contributed by atoms with E-state index in [1.807, 2.05) is 6.07 Å². The number of rotatable bonds is 4. The molecule has 3 fully saturated rings. The molecule has 8 heteroatoms. The lowest BCUT2D eigenvalue weighted by Gasteiger charge is -2.44. The third-order valence-electron chi connectivity index (χ3n) is 5.18. The van der Waals surface area contributed by atoms with Crippen molar-refractivity contribution in [3.8, 4) is 0 Å². The molecule has 1 amide bonds. The Hall–Kier alpha value is -1.51. The highest BCUT2D eigenvalue weighted by Gasteiger charge is 2.35. The smallest absolute Gasteiger partial charge is 0.347 e. The first-order valence-electron chi connectivity index (χ1n) is 8.87. The minimum absolute atomic E-state index is 0.0574. The third kappa shape index (κ3) is 4.33. The Labute approximate surface area is 163 Å². The van der Waals surface area contributed by atoms with E-state index in [1.54, 1.807) is 6.07 Å². The fourth-order valence-corrected chi connectivity index (χ4v) is 5.70. The van der Waals surface area contributed by atoms with E-state index in [-0.39, 0.29) is 11.9 Å². The maximum absolute atomic E-state index is 12.6. The highest BCUT2D eigenvalue weighted by molar-refractivity contribution is 8.01. The molecule has 4 heterocycles. The molecule has 2 aromatic rings. The van der Waals surface area contributed by atoms with Crippen molar-refractivity contribution < 1.29 is 18.0 Å². The molecule has 0 saturated carbocycles. The van der Waals surface area contributed by atoms with E-state index in [9.17, 15) is 18.0 Å². The summed E-state index contributed by atoms with van der Waals surface area (Å²) in [6, 6.07) is 8.92. The number of amides is 1. The number of halogens is 3. The van der Waals surface area contributed by atoms with Gasteiger partial charge in [-0.2, -0.15) is 13.2 Å². The predicted molar refractivity (Wildman–Crippen MR) is 100 cm³/mol. The number of hydrogen-bond donors (Lipinski definition) is 1. The number of carbonyl (C=O) groups excluding carboxylic acids is 1. The van der Waals surface area contributed by atoms with Crippen molar-refractivity contribution in [1.29, 1.82) is 0 Å². The summed E-state index contributed by atoms with van der Waals surface area (Å²) >= 11 is 2.74. The Morgan fingerprint density at radius 3 is 2.41 bits per heavy atom. The molecule has 27 heavy (non-hydrogen) atoms. The van der Waals surface area contributed by atoms with E-state index < -0.39 is 11.7 Å². The summed E-state index contributed by atoms with van der Waals surface area (Å²) in [7, 11) is 0. The van der Waals surface area contributed by atoms with Crippen LogP contribution in [0.5, 0.6) is 0 Å². The van der Waals surface area contributed by atoms with E-state index in [2.05, 4.69) is 10.2 Å². The molecule has 1 atom stereocenters. The van der Waals surface area contributed by atoms with E-state index >= 15 is 0 Å². The van der Waals surface area contributed by atoms with Crippen molar-refractivity contribution in [3.05, 3.63) is 46.8 Å². The summed E-state index contributed by atoms with van der Waals surface area (Å²) < 4.78 is 38.8. The SMILES string of the molecule is O=C(NC1CN2CCC1CC2)c1ccc(Sc2ccc(C(F)(F)F)cc2)s1. The molecule has 3 nitrogen and oxygen atoms in total. The first-order valence-corrected chi connectivity index (χ1v) is 10.5. The minimum Gasteiger partial charge on any atom is -0.347 e. The Morgan fingerprint density at radius 1 is 1.11 bits per heavy atom. The number of thiophene rings is 1. The molecule has 1 aromatic heterocycles. The Kier molecular flexibility index (Phi) is 5.22. The fourth-order valence-electron chi connectivity index (χ4n) is 3.69. The molecule has 2 bridgehead atoms. The molecule has 1 aromatic carbocycles. The van der Waals surface area contributed by atoms with Crippen molar-refractivity contribution in [3.63, 3.8) is 0 Å². The molecule has 3 aliphatic rings. The van der Waals surface area contributed by atoms with Crippen molar-refractivity contribution in [2.75, 3.05) is 19.6 Å². The van der Waals surface area contributed by atoms with Gasteiger partial charge in [-0.25, -0.2) is 0 Å². The lowest BCUT2D eigenvalue weighted by Crippen LogP contribution is -2.57. The van der Waals surface area contributed by atoms with Gasteiger partial charge in [0.05, 0.1) is 14.6 Å². The summed E-state index contributed by atoms with van der Waals surface area (Å²) in [5, 5.41) is 3.16. The number of carbonyl (C=O) groups is 1. The third-order valence-corrected chi connectivity index (χ3v) is 7.40. The van der Waals surface area contributed by atoms with Gasteiger partial charge in [0.1, 0.15) is 0 Å². The van der Waals surface area contributed by atoms with Gasteiger partial charge in [0.15, 0.2) is 0 Å². The molecular weight excluding hydrogens is 393 g/mol. The second kappa shape index (κ2) is 7.48. The monoisotopic (exact) mass is 412 g/mol. The summed E-state index contributed by atoms with van der Waals surface area (Å²) in [6.45, 7) is 3.18. The van der Waals surface area contributed by atoms with Crippen LogP contribution in [0.2, 0.25) is 0 Å². The van der Waals surface area contributed by atoms with Crippen LogP contribution in [0.4, 0.5) is 13.2 Å². The largest absolute Gasteiger partial charge is 0.416 e. The molecule has 5 rings (SSSR count). The molecule has 0 spiro atoms. The highest BCUT2D eigenvalue weighted by Crippen LogP contribution is 2.36. The second-order valence-electron chi connectivity index (χ2n) is 6.96. The maximum atomic E-state index is 12.6. The average Bonchev–Trinajstić information content (AvgIpc) is 3.11. The second-order valence-corrected chi connectivity index (χ2v) is 9.42. The zero-order valence-electron chi connectivity index (χ0n) is 14.5. The van der Waals surface area contributed by atoms with Crippen LogP contribution >= 0.6 is 23.1 Å². The van der Waals surface area contributed by atoms with Crippen LogP contribution in [0.1, 0.15) is 28.1 Å². The highest BCUT2D eigenvalue weighted by atomic mass is 32.2. The topological polar surface area (TPSA) is 32.3 Å². The van der Waals surface area contributed by atoms with Gasteiger partial charge >= 0.3 is 6.18 Å². The van der Waals surface area contributed by atoms with Gasteiger partial charge in [-0.3, -0.25) is 4.79 Å². The molecule has 0 aliphatic carbocycles. The first-order chi connectivity index (χ1) is 12.9. The van der Waals surface area contributed by atoms with Crippen LogP contribution in [0.15, 0.2) is 45.5 Å². The zero-order chi connectivity index (χ0) is 19.0. The number of hydrogen-bond acceptors (Lipinski definition) is 4. The summed E-state index contributed by atoms with van der Waals surface area (Å²) in [5.74, 6) is 0.512. The number of alkyl halides is 3. The van der Waals surface area contributed by atoms with Crippen molar-refractivity contribution in [2.24, 2.45) is 5.92 Å². The van der Waals surface area contributed by atoms with Crippen LogP contribution in [0, 0.1) is 5.92 Å². The van der Waals surface area contributed by atoms with Gasteiger partial charge in [-0.05, 0) is 68.2 Å². The quantitative estimate of drug-likeness (QED) is 0.787. The van der Waals surface area contributed by atoms with Gasteiger partial charge in [-0.1, -0.05) is 11.8 Å². The summed E-state index contributed by atoms with van der Waals surface area (Å²) in [6.07, 6.45) is -2.04. The average molecular weight is 413 g/mol. The molecule has 1 unspecified atom stereocenters. The van der Waals surface area contributed by atoms with E-state index in [4.69, 9.17) is 0 Å². The van der Waals surface area contributed by atoms with Crippen molar-refractivity contribution >= 4 is 29.0 Å². The van der Waals surface area contributed by atoms with E-state index in [0.29, 0.717) is 15.7 Å². The van der Waals surface area contributed by atoms with Gasteiger partial charge in [0.25, 0.3) is 5.91 Å². The molecule has 3 saturated heterocycles. The van der Waals surface area contributed by atoms with Gasteiger partial charge in [0, 0.05) is 17.5 Å². The predicted octanol–water partition coefficient (Wildman–Crippen LogP) is 4.74. The van der Waals surface area contributed by atoms with E-state index in [0.717, 1.165) is 48.8 Å². The Balaban J connectivity index is 1.37. The van der Waals surface area contributed by atoms with Gasteiger partial charge in [0.2, 0.25) is 0 Å². The minimum atomic E-state index is -4.33. The number of benzene rings is 1. The lowest BCUT2D eigenvalue weighted by molar-refractivity contribution is -0.137. The standard InChI is InChI=1S/C19H19F3N2OS2/c20-19(21,22)13-1-3-14(4-2-13)26-17-6-5-16(27-17)18(25)23-15-11-24-9-7-12(15)8-10-24/h1-6,12,15H,7-11H2,(H,23,25). The lowest BCUT2D eigenvalue weighted by atomic mass is 9.84. The number of nitrogens with one attached hydrogen (secondary N) is 1. The zero-order valence-corrected chi connectivity index (χ0v) is 16.1. The molecular formula is C19H19F3N2OS2. The first kappa shape index (κ1) is 18.8. The molecule has 0 radical (unpaired) electrons.